The predicted molar refractivity (Wildman–Crippen MR) is 114 cm³/mol. The first kappa shape index (κ1) is 23.9. The second-order valence-electron chi connectivity index (χ2n) is 5.61. The molecule has 2 aromatic carbocycles. The number of nitrogens with zero attached hydrogens (tertiary/aromatic N) is 1. The van der Waals surface area contributed by atoms with Crippen molar-refractivity contribution in [3.8, 4) is 17.2 Å². The largest absolute Gasteiger partial charge is 0.493 e. The molecule has 0 unspecified atom stereocenters. The molecule has 0 aliphatic carbocycles. The molecule has 0 aromatic heterocycles. The minimum atomic E-state index is -4.19. The molecule has 0 aliphatic heterocycles. The number of aliphatic imine (C=N–C) groups is 1. The number of alkyl halides is 3. The zero-order valence-corrected chi connectivity index (χ0v) is 17.9. The summed E-state index contributed by atoms with van der Waals surface area (Å²) in [5, 5.41) is 5.60. The van der Waals surface area contributed by atoms with E-state index in [9.17, 15) is 13.2 Å². The quantitative estimate of drug-likeness (QED) is 0.322. The van der Waals surface area contributed by atoms with Crippen molar-refractivity contribution in [3.63, 3.8) is 0 Å². The van der Waals surface area contributed by atoms with Gasteiger partial charge in [-0.1, -0.05) is 24.3 Å². The van der Waals surface area contributed by atoms with Gasteiger partial charge in [-0.05, 0) is 29.8 Å². The molecule has 2 aromatic rings. The van der Waals surface area contributed by atoms with Crippen molar-refractivity contribution in [2.24, 2.45) is 4.99 Å². The number of methoxy groups -OCH3 is 1. The number of guanidine groups is 1. The molecule has 0 saturated heterocycles. The highest BCUT2D eigenvalue weighted by molar-refractivity contribution is 14.0. The summed E-state index contributed by atoms with van der Waals surface area (Å²) in [5.74, 6) is 2.21. The smallest absolute Gasteiger partial charge is 0.390 e. The van der Waals surface area contributed by atoms with E-state index in [0.717, 1.165) is 5.56 Å². The molecule has 0 radical (unpaired) electrons. The molecule has 2 rings (SSSR count). The van der Waals surface area contributed by atoms with Crippen molar-refractivity contribution in [2.45, 2.75) is 19.1 Å². The fraction of sp³-hybridized carbons (Fsp3) is 0.316. The Balaban J connectivity index is 0.00000392. The molecule has 0 fully saturated rings. The van der Waals surface area contributed by atoms with Crippen molar-refractivity contribution in [3.05, 3.63) is 54.1 Å². The molecule has 0 bridgehead atoms. The number of para-hydroxylation sites is 2. The molecule has 0 spiro atoms. The van der Waals surface area contributed by atoms with Crippen LogP contribution in [-0.4, -0.2) is 32.8 Å². The number of hydrogen-bond acceptors (Lipinski definition) is 3. The van der Waals surface area contributed by atoms with Gasteiger partial charge in [-0.25, -0.2) is 0 Å². The van der Waals surface area contributed by atoms with E-state index >= 15 is 0 Å². The summed E-state index contributed by atoms with van der Waals surface area (Å²) in [5.41, 5.74) is 0.932. The van der Waals surface area contributed by atoms with E-state index in [1.807, 2.05) is 48.5 Å². The average molecular weight is 509 g/mol. The molecule has 154 valence electrons. The van der Waals surface area contributed by atoms with Gasteiger partial charge in [-0.3, -0.25) is 4.99 Å². The van der Waals surface area contributed by atoms with Gasteiger partial charge in [0.05, 0.1) is 13.5 Å². The van der Waals surface area contributed by atoms with Gasteiger partial charge in [-0.15, -0.1) is 24.0 Å². The van der Waals surface area contributed by atoms with Gasteiger partial charge < -0.3 is 20.1 Å². The lowest BCUT2D eigenvalue weighted by Gasteiger charge is -2.13. The van der Waals surface area contributed by atoms with Gasteiger partial charge in [-0.2, -0.15) is 13.2 Å². The number of benzene rings is 2. The maximum atomic E-state index is 12.2. The van der Waals surface area contributed by atoms with Crippen molar-refractivity contribution in [1.82, 2.24) is 10.6 Å². The van der Waals surface area contributed by atoms with E-state index in [-0.39, 0.29) is 30.5 Å². The Morgan fingerprint density at radius 3 is 2.21 bits per heavy atom. The second-order valence-corrected chi connectivity index (χ2v) is 5.61. The SMILES string of the molecule is CN=C(NCCC(F)(F)F)NCc1ccc(Oc2ccccc2OC)cc1.I. The van der Waals surface area contributed by atoms with Crippen LogP contribution in [0.1, 0.15) is 12.0 Å². The van der Waals surface area contributed by atoms with Crippen molar-refractivity contribution in [1.29, 1.82) is 0 Å². The zero-order chi connectivity index (χ0) is 19.7. The van der Waals surface area contributed by atoms with Gasteiger partial charge in [0.2, 0.25) is 0 Å². The molecule has 0 heterocycles. The summed E-state index contributed by atoms with van der Waals surface area (Å²) < 4.78 is 47.6. The van der Waals surface area contributed by atoms with E-state index in [1.165, 1.54) is 7.05 Å². The van der Waals surface area contributed by atoms with E-state index in [1.54, 1.807) is 7.11 Å². The predicted octanol–water partition coefficient (Wildman–Crippen LogP) is 4.72. The van der Waals surface area contributed by atoms with Crippen LogP contribution in [0.5, 0.6) is 17.2 Å². The number of halogens is 4. The van der Waals surface area contributed by atoms with Gasteiger partial charge in [0.25, 0.3) is 0 Å². The Kier molecular flexibility index (Phi) is 9.91. The van der Waals surface area contributed by atoms with Gasteiger partial charge in [0, 0.05) is 20.1 Å². The third-order valence-electron chi connectivity index (χ3n) is 3.60. The molecule has 0 saturated carbocycles. The maximum absolute atomic E-state index is 12.2. The summed E-state index contributed by atoms with van der Waals surface area (Å²) in [6, 6.07) is 14.7. The van der Waals surface area contributed by atoms with Gasteiger partial charge in [0.15, 0.2) is 17.5 Å². The van der Waals surface area contributed by atoms with E-state index in [0.29, 0.717) is 29.8 Å². The summed E-state index contributed by atoms with van der Waals surface area (Å²) in [7, 11) is 3.08. The lowest BCUT2D eigenvalue weighted by molar-refractivity contribution is -0.132. The molecular formula is C19H23F3IN3O2. The lowest BCUT2D eigenvalue weighted by Crippen LogP contribution is -2.38. The van der Waals surface area contributed by atoms with Crippen LogP contribution in [0.4, 0.5) is 13.2 Å². The van der Waals surface area contributed by atoms with Crippen molar-refractivity contribution in [2.75, 3.05) is 20.7 Å². The van der Waals surface area contributed by atoms with Crippen LogP contribution < -0.4 is 20.1 Å². The lowest BCUT2D eigenvalue weighted by atomic mass is 10.2. The van der Waals surface area contributed by atoms with Crippen LogP contribution in [0.15, 0.2) is 53.5 Å². The van der Waals surface area contributed by atoms with Crippen LogP contribution in [0.3, 0.4) is 0 Å². The summed E-state index contributed by atoms with van der Waals surface area (Å²) in [4.78, 5) is 3.90. The van der Waals surface area contributed by atoms with E-state index in [4.69, 9.17) is 9.47 Å². The van der Waals surface area contributed by atoms with Crippen LogP contribution in [0.25, 0.3) is 0 Å². The number of hydrogen-bond donors (Lipinski definition) is 2. The highest BCUT2D eigenvalue weighted by Crippen LogP contribution is 2.30. The Morgan fingerprint density at radius 2 is 1.64 bits per heavy atom. The molecule has 0 atom stereocenters. The van der Waals surface area contributed by atoms with Gasteiger partial charge >= 0.3 is 6.18 Å². The summed E-state index contributed by atoms with van der Waals surface area (Å²) in [6.07, 6.45) is -5.11. The third kappa shape index (κ3) is 8.24. The topological polar surface area (TPSA) is 54.9 Å². The number of rotatable bonds is 7. The van der Waals surface area contributed by atoms with E-state index < -0.39 is 12.6 Å². The standard InChI is InChI=1S/C19H22F3N3O2.HI/c1-23-18(24-12-11-19(20,21)22)25-13-14-7-9-15(10-8-14)27-17-6-4-3-5-16(17)26-2;/h3-10H,11-13H2,1-2H3,(H2,23,24,25);1H. The number of nitrogens with one attached hydrogen (secondary N) is 2. The van der Waals surface area contributed by atoms with E-state index in [2.05, 4.69) is 15.6 Å². The van der Waals surface area contributed by atoms with Gasteiger partial charge in [0.1, 0.15) is 5.75 Å². The van der Waals surface area contributed by atoms with Crippen LogP contribution >= 0.6 is 24.0 Å². The molecule has 2 N–H and O–H groups in total. The molecule has 0 aliphatic rings. The van der Waals surface area contributed by atoms with Crippen molar-refractivity contribution >= 4 is 29.9 Å². The highest BCUT2D eigenvalue weighted by Gasteiger charge is 2.26. The fourth-order valence-electron chi connectivity index (χ4n) is 2.23. The molecule has 9 heteroatoms. The highest BCUT2D eigenvalue weighted by atomic mass is 127. The maximum Gasteiger partial charge on any atom is 0.390 e. The minimum Gasteiger partial charge on any atom is -0.493 e. The zero-order valence-electron chi connectivity index (χ0n) is 15.5. The molecule has 0 amide bonds. The molecular weight excluding hydrogens is 486 g/mol. The Hall–Kier alpha value is -2.17. The first-order valence-corrected chi connectivity index (χ1v) is 8.32. The number of ether oxygens (including phenoxy) is 2. The second kappa shape index (κ2) is 11.6. The van der Waals surface area contributed by atoms with Crippen LogP contribution in [0, 0.1) is 0 Å². The monoisotopic (exact) mass is 509 g/mol. The van der Waals surface area contributed by atoms with Crippen molar-refractivity contribution < 1.29 is 22.6 Å². The third-order valence-corrected chi connectivity index (χ3v) is 3.60. The first-order chi connectivity index (χ1) is 12.9. The molecule has 5 nitrogen and oxygen atoms in total. The minimum absolute atomic E-state index is 0. The Morgan fingerprint density at radius 1 is 1.00 bits per heavy atom. The normalized spacial score (nSPS) is 11.4. The van der Waals surface area contributed by atoms with Crippen LogP contribution in [-0.2, 0) is 6.54 Å². The summed E-state index contributed by atoms with van der Waals surface area (Å²) in [6.45, 7) is 0.190. The molecule has 28 heavy (non-hydrogen) atoms. The Labute approximate surface area is 179 Å². The fourth-order valence-corrected chi connectivity index (χ4v) is 2.23. The first-order valence-electron chi connectivity index (χ1n) is 8.32. The summed E-state index contributed by atoms with van der Waals surface area (Å²) >= 11 is 0. The average Bonchev–Trinajstić information content (AvgIpc) is 2.65. The Bertz CT molecular complexity index is 753. The van der Waals surface area contributed by atoms with Crippen LogP contribution in [0.2, 0.25) is 0 Å².